The monoisotopic (exact) mass is 265 g/mol. The third kappa shape index (κ3) is 3.10. The van der Waals surface area contributed by atoms with Gasteiger partial charge in [0.15, 0.2) is 0 Å². The second kappa shape index (κ2) is 6.71. The lowest BCUT2D eigenvalue weighted by Gasteiger charge is -2.31. The van der Waals surface area contributed by atoms with E-state index in [1.54, 1.807) is 0 Å². The zero-order valence-electron chi connectivity index (χ0n) is 12.0. The van der Waals surface area contributed by atoms with E-state index in [2.05, 4.69) is 65.6 Å². The number of likely N-dealkylation sites (tertiary alicyclic amines) is 1. The maximum absolute atomic E-state index is 2.66. The van der Waals surface area contributed by atoms with E-state index >= 15 is 0 Å². The topological polar surface area (TPSA) is 3.24 Å². The molecule has 1 aliphatic heterocycles. The Morgan fingerprint density at radius 2 is 1.05 bits per heavy atom. The van der Waals surface area contributed by atoms with Crippen LogP contribution >= 0.6 is 0 Å². The third-order valence-corrected chi connectivity index (χ3v) is 4.24. The molecule has 0 amide bonds. The lowest BCUT2D eigenvalue weighted by Crippen LogP contribution is -2.30. The normalized spacial score (nSPS) is 17.1. The van der Waals surface area contributed by atoms with Gasteiger partial charge in [-0.2, -0.15) is 0 Å². The number of hydrogen-bond donors (Lipinski definition) is 0. The van der Waals surface area contributed by atoms with Gasteiger partial charge in [0.2, 0.25) is 0 Å². The van der Waals surface area contributed by atoms with Crippen LogP contribution in [0.4, 0.5) is 0 Å². The smallest absolute Gasteiger partial charge is 0.0601 e. The SMILES string of the molecule is c1ccc(C(c2ccccc2)N2CCCCCC2)cc1. The third-order valence-electron chi connectivity index (χ3n) is 4.24. The zero-order chi connectivity index (χ0) is 13.6. The van der Waals surface area contributed by atoms with Crippen LogP contribution in [-0.4, -0.2) is 18.0 Å². The molecule has 1 heterocycles. The highest BCUT2D eigenvalue weighted by atomic mass is 15.2. The summed E-state index contributed by atoms with van der Waals surface area (Å²) in [6.07, 6.45) is 5.42. The first-order valence-electron chi connectivity index (χ1n) is 7.79. The van der Waals surface area contributed by atoms with Gasteiger partial charge in [0.05, 0.1) is 6.04 Å². The van der Waals surface area contributed by atoms with Crippen molar-refractivity contribution >= 4 is 0 Å². The van der Waals surface area contributed by atoms with Crippen molar-refractivity contribution < 1.29 is 0 Å². The minimum atomic E-state index is 0.412. The molecule has 3 rings (SSSR count). The van der Waals surface area contributed by atoms with Crippen molar-refractivity contribution in [3.05, 3.63) is 71.8 Å². The van der Waals surface area contributed by atoms with Crippen molar-refractivity contribution in [1.29, 1.82) is 0 Å². The van der Waals surface area contributed by atoms with Crippen molar-refractivity contribution in [1.82, 2.24) is 4.90 Å². The van der Waals surface area contributed by atoms with Gasteiger partial charge in [-0.25, -0.2) is 0 Å². The number of hydrogen-bond acceptors (Lipinski definition) is 1. The van der Waals surface area contributed by atoms with Crippen LogP contribution in [0.2, 0.25) is 0 Å². The molecule has 1 aliphatic rings. The fraction of sp³-hybridized carbons (Fsp3) is 0.368. The largest absolute Gasteiger partial charge is 0.292 e. The van der Waals surface area contributed by atoms with Crippen LogP contribution in [0, 0.1) is 0 Å². The van der Waals surface area contributed by atoms with Gasteiger partial charge in [0.25, 0.3) is 0 Å². The van der Waals surface area contributed by atoms with Crippen LogP contribution in [0.15, 0.2) is 60.7 Å². The van der Waals surface area contributed by atoms with Crippen molar-refractivity contribution in [2.45, 2.75) is 31.7 Å². The van der Waals surface area contributed by atoms with Crippen molar-refractivity contribution in [3.8, 4) is 0 Å². The average molecular weight is 265 g/mol. The molecule has 0 spiro atoms. The molecule has 104 valence electrons. The molecule has 2 aromatic carbocycles. The highest BCUT2D eigenvalue weighted by Gasteiger charge is 2.22. The fourth-order valence-corrected chi connectivity index (χ4v) is 3.24. The number of nitrogens with zero attached hydrogens (tertiary/aromatic N) is 1. The fourth-order valence-electron chi connectivity index (χ4n) is 3.24. The molecule has 1 heteroatoms. The Hall–Kier alpha value is -1.60. The highest BCUT2D eigenvalue weighted by molar-refractivity contribution is 5.31. The zero-order valence-corrected chi connectivity index (χ0v) is 12.0. The molecule has 0 bridgehead atoms. The van der Waals surface area contributed by atoms with Gasteiger partial charge >= 0.3 is 0 Å². The second-order valence-electron chi connectivity index (χ2n) is 5.67. The molecule has 1 fully saturated rings. The van der Waals surface area contributed by atoms with Gasteiger partial charge in [0.1, 0.15) is 0 Å². The van der Waals surface area contributed by atoms with E-state index in [0.29, 0.717) is 6.04 Å². The van der Waals surface area contributed by atoms with E-state index in [1.165, 1.54) is 49.9 Å². The minimum absolute atomic E-state index is 0.412. The summed E-state index contributed by atoms with van der Waals surface area (Å²) in [6, 6.07) is 22.3. The van der Waals surface area contributed by atoms with Crippen LogP contribution in [0.5, 0.6) is 0 Å². The summed E-state index contributed by atoms with van der Waals surface area (Å²) >= 11 is 0. The molecule has 2 aromatic rings. The summed E-state index contributed by atoms with van der Waals surface area (Å²) in [7, 11) is 0. The number of benzene rings is 2. The standard InChI is InChI=1S/C19H23N/c1-2-10-16-20(15-9-1)19(17-11-5-3-6-12-17)18-13-7-4-8-14-18/h3-8,11-14,19H,1-2,9-10,15-16H2. The van der Waals surface area contributed by atoms with E-state index in [0.717, 1.165) is 0 Å². The maximum Gasteiger partial charge on any atom is 0.0601 e. The Morgan fingerprint density at radius 1 is 0.600 bits per heavy atom. The summed E-state index contributed by atoms with van der Waals surface area (Å²) in [5, 5.41) is 0. The van der Waals surface area contributed by atoms with E-state index in [9.17, 15) is 0 Å². The Kier molecular flexibility index (Phi) is 4.49. The van der Waals surface area contributed by atoms with Crippen LogP contribution < -0.4 is 0 Å². The molecule has 20 heavy (non-hydrogen) atoms. The van der Waals surface area contributed by atoms with Gasteiger partial charge in [0, 0.05) is 0 Å². The Bertz CT molecular complexity index is 458. The second-order valence-corrected chi connectivity index (χ2v) is 5.67. The predicted molar refractivity (Wildman–Crippen MR) is 84.8 cm³/mol. The van der Waals surface area contributed by atoms with E-state index < -0.39 is 0 Å². The molecule has 0 aromatic heterocycles. The van der Waals surface area contributed by atoms with E-state index in [1.807, 2.05) is 0 Å². The van der Waals surface area contributed by atoms with Gasteiger partial charge in [-0.05, 0) is 37.1 Å². The summed E-state index contributed by atoms with van der Waals surface area (Å²) < 4.78 is 0. The summed E-state index contributed by atoms with van der Waals surface area (Å²) in [5.74, 6) is 0. The van der Waals surface area contributed by atoms with Crippen LogP contribution in [0.25, 0.3) is 0 Å². The van der Waals surface area contributed by atoms with Crippen LogP contribution in [0.1, 0.15) is 42.9 Å². The molecule has 0 atom stereocenters. The molecule has 0 N–H and O–H groups in total. The molecule has 0 radical (unpaired) electrons. The van der Waals surface area contributed by atoms with Crippen LogP contribution in [-0.2, 0) is 0 Å². The van der Waals surface area contributed by atoms with Crippen molar-refractivity contribution in [3.63, 3.8) is 0 Å². The number of rotatable bonds is 3. The Balaban J connectivity index is 1.95. The molecule has 1 nitrogen and oxygen atoms in total. The first-order valence-corrected chi connectivity index (χ1v) is 7.79. The molecule has 0 unspecified atom stereocenters. The first kappa shape index (κ1) is 13.4. The minimum Gasteiger partial charge on any atom is -0.292 e. The lowest BCUT2D eigenvalue weighted by atomic mass is 9.97. The highest BCUT2D eigenvalue weighted by Crippen LogP contribution is 2.30. The quantitative estimate of drug-likeness (QED) is 0.780. The Morgan fingerprint density at radius 3 is 1.50 bits per heavy atom. The maximum atomic E-state index is 2.66. The molecule has 0 saturated carbocycles. The summed E-state index contributed by atoms with van der Waals surface area (Å²) in [6.45, 7) is 2.43. The van der Waals surface area contributed by atoms with Gasteiger partial charge in [-0.3, -0.25) is 4.90 Å². The lowest BCUT2D eigenvalue weighted by molar-refractivity contribution is 0.234. The van der Waals surface area contributed by atoms with Gasteiger partial charge in [-0.15, -0.1) is 0 Å². The van der Waals surface area contributed by atoms with Gasteiger partial charge in [-0.1, -0.05) is 73.5 Å². The van der Waals surface area contributed by atoms with Crippen molar-refractivity contribution in [2.24, 2.45) is 0 Å². The molecule has 0 aliphatic carbocycles. The van der Waals surface area contributed by atoms with Crippen LogP contribution in [0.3, 0.4) is 0 Å². The Labute approximate surface area is 122 Å². The molecular formula is C19H23N. The van der Waals surface area contributed by atoms with E-state index in [4.69, 9.17) is 0 Å². The summed E-state index contributed by atoms with van der Waals surface area (Å²) in [4.78, 5) is 2.66. The molecule has 1 saturated heterocycles. The summed E-state index contributed by atoms with van der Waals surface area (Å²) in [5.41, 5.74) is 2.83. The predicted octanol–water partition coefficient (Wildman–Crippen LogP) is 4.65. The average Bonchev–Trinajstić information content (AvgIpc) is 2.79. The first-order chi connectivity index (χ1) is 9.95. The molecular weight excluding hydrogens is 242 g/mol. The van der Waals surface area contributed by atoms with E-state index in [-0.39, 0.29) is 0 Å². The van der Waals surface area contributed by atoms with Gasteiger partial charge < -0.3 is 0 Å². The van der Waals surface area contributed by atoms with Crippen molar-refractivity contribution in [2.75, 3.05) is 13.1 Å².